The third-order valence-corrected chi connectivity index (χ3v) is 5.75. The molecule has 1 heterocycles. The third kappa shape index (κ3) is 9.71. The predicted octanol–water partition coefficient (Wildman–Crippen LogP) is 7.87. The molecule has 0 aliphatic rings. The number of aromatic nitrogens is 2. The molecule has 0 bridgehead atoms. The maximum atomic E-state index is 6.13. The van der Waals surface area contributed by atoms with Gasteiger partial charge in [0, 0.05) is 5.56 Å². The molecule has 0 aliphatic heterocycles. The number of unbranched alkanes of at least 4 members (excludes halogenated alkanes) is 7. The predicted molar refractivity (Wildman–Crippen MR) is 130 cm³/mol. The van der Waals surface area contributed by atoms with Crippen molar-refractivity contribution in [2.45, 2.75) is 91.4 Å². The van der Waals surface area contributed by atoms with Gasteiger partial charge in [0.15, 0.2) is 5.75 Å². The maximum absolute atomic E-state index is 6.13. The molecule has 2 rings (SSSR count). The zero-order chi connectivity index (χ0) is 22.2. The van der Waals surface area contributed by atoms with Crippen molar-refractivity contribution in [1.82, 2.24) is 9.97 Å². The largest absolute Gasteiger partial charge is 0.493 e. The Morgan fingerprint density at radius 3 is 2.32 bits per heavy atom. The molecular weight excluding hydrogens is 384 g/mol. The van der Waals surface area contributed by atoms with Crippen LogP contribution in [0.3, 0.4) is 0 Å². The van der Waals surface area contributed by atoms with Gasteiger partial charge in [-0.25, -0.2) is 9.97 Å². The lowest BCUT2D eigenvalue weighted by molar-refractivity contribution is 0.275. The molecule has 1 aromatic carbocycles. The lowest BCUT2D eigenvalue weighted by atomic mass is 10.0. The molecule has 0 saturated heterocycles. The van der Waals surface area contributed by atoms with Crippen molar-refractivity contribution < 1.29 is 9.47 Å². The van der Waals surface area contributed by atoms with Crippen molar-refractivity contribution in [1.29, 1.82) is 0 Å². The van der Waals surface area contributed by atoms with Gasteiger partial charge in [-0.15, -0.1) is 0 Å². The van der Waals surface area contributed by atoms with Gasteiger partial charge in [-0.1, -0.05) is 90.7 Å². The minimum atomic E-state index is 0.674. The van der Waals surface area contributed by atoms with E-state index in [2.05, 4.69) is 36.8 Å². The monoisotopic (exact) mass is 426 g/mol. The quantitative estimate of drug-likeness (QED) is 0.241. The molecule has 2 aromatic rings. The summed E-state index contributed by atoms with van der Waals surface area (Å²) >= 11 is 0. The van der Waals surface area contributed by atoms with Crippen molar-refractivity contribution in [2.75, 3.05) is 13.2 Å². The lowest BCUT2D eigenvalue weighted by Gasteiger charge is -2.15. The van der Waals surface area contributed by atoms with Crippen LogP contribution in [-0.2, 0) is 0 Å². The fourth-order valence-corrected chi connectivity index (χ4v) is 3.73. The molecule has 0 amide bonds. The van der Waals surface area contributed by atoms with Gasteiger partial charge in [-0.05, 0) is 30.9 Å². The Labute approximate surface area is 189 Å². The lowest BCUT2D eigenvalue weighted by Crippen LogP contribution is -2.06. The Bertz CT molecular complexity index is 720. The molecule has 4 heteroatoms. The molecule has 1 atom stereocenters. The molecule has 1 unspecified atom stereocenters. The van der Waals surface area contributed by atoms with E-state index in [1.165, 1.54) is 57.8 Å². The van der Waals surface area contributed by atoms with Gasteiger partial charge in [0.2, 0.25) is 0 Å². The van der Waals surface area contributed by atoms with E-state index in [9.17, 15) is 0 Å². The van der Waals surface area contributed by atoms with Crippen LogP contribution >= 0.6 is 0 Å². The van der Waals surface area contributed by atoms with Crippen molar-refractivity contribution in [3.05, 3.63) is 36.8 Å². The summed E-state index contributed by atoms with van der Waals surface area (Å²) in [4.78, 5) is 8.72. The number of hydrogen-bond acceptors (Lipinski definition) is 4. The first-order valence-electron chi connectivity index (χ1n) is 12.4. The van der Waals surface area contributed by atoms with E-state index in [0.717, 1.165) is 42.2 Å². The maximum Gasteiger partial charge on any atom is 0.163 e. The molecule has 0 radical (unpaired) electrons. The Morgan fingerprint density at radius 2 is 1.48 bits per heavy atom. The van der Waals surface area contributed by atoms with Crippen molar-refractivity contribution >= 4 is 0 Å². The number of ether oxygens (including phenoxy) is 2. The summed E-state index contributed by atoms with van der Waals surface area (Å²) < 4.78 is 12.3. The Kier molecular flexibility index (Phi) is 12.7. The molecular formula is C27H42N2O2. The minimum Gasteiger partial charge on any atom is -0.493 e. The van der Waals surface area contributed by atoms with Gasteiger partial charge < -0.3 is 9.47 Å². The highest BCUT2D eigenvalue weighted by atomic mass is 16.5. The highest BCUT2D eigenvalue weighted by molar-refractivity contribution is 5.71. The van der Waals surface area contributed by atoms with Crippen LogP contribution in [0, 0.1) is 5.92 Å². The fourth-order valence-electron chi connectivity index (χ4n) is 3.73. The first-order valence-corrected chi connectivity index (χ1v) is 12.4. The average molecular weight is 427 g/mol. The molecule has 0 saturated carbocycles. The zero-order valence-electron chi connectivity index (χ0n) is 19.9. The van der Waals surface area contributed by atoms with Crippen molar-refractivity contribution in [2.24, 2.45) is 5.92 Å². The topological polar surface area (TPSA) is 44.2 Å². The highest BCUT2D eigenvalue weighted by Crippen LogP contribution is 2.34. The van der Waals surface area contributed by atoms with Crippen molar-refractivity contribution in [3.63, 3.8) is 0 Å². The second-order valence-corrected chi connectivity index (χ2v) is 8.59. The van der Waals surface area contributed by atoms with E-state index in [1.54, 1.807) is 12.5 Å². The van der Waals surface area contributed by atoms with Crippen LogP contribution in [-0.4, -0.2) is 23.2 Å². The van der Waals surface area contributed by atoms with Gasteiger partial charge >= 0.3 is 0 Å². The summed E-state index contributed by atoms with van der Waals surface area (Å²) in [5, 5.41) is 0. The average Bonchev–Trinajstić information content (AvgIpc) is 2.79. The van der Waals surface area contributed by atoms with Gasteiger partial charge in [-0.3, -0.25) is 0 Å². The van der Waals surface area contributed by atoms with Gasteiger partial charge in [0.05, 0.1) is 19.4 Å². The van der Waals surface area contributed by atoms with E-state index in [1.807, 2.05) is 18.2 Å². The van der Waals surface area contributed by atoms with Crippen molar-refractivity contribution in [3.8, 4) is 22.8 Å². The molecule has 31 heavy (non-hydrogen) atoms. The van der Waals surface area contributed by atoms with E-state index >= 15 is 0 Å². The van der Waals surface area contributed by atoms with Crippen LogP contribution in [0.5, 0.6) is 11.5 Å². The van der Waals surface area contributed by atoms with E-state index < -0.39 is 0 Å². The molecule has 4 nitrogen and oxygen atoms in total. The molecule has 1 aromatic heterocycles. The summed E-state index contributed by atoms with van der Waals surface area (Å²) in [5.74, 6) is 2.28. The fraction of sp³-hybridized carbons (Fsp3) is 0.630. The SMILES string of the molecule is CCCCCCCCOc1ccccc1-c1ncncc1OCCC(C)CCCCC. The van der Waals surface area contributed by atoms with Crippen LogP contribution in [0.4, 0.5) is 0 Å². The van der Waals surface area contributed by atoms with E-state index in [4.69, 9.17) is 9.47 Å². The van der Waals surface area contributed by atoms with Crippen LogP contribution in [0.15, 0.2) is 36.8 Å². The smallest absolute Gasteiger partial charge is 0.163 e. The van der Waals surface area contributed by atoms with Crippen LogP contribution in [0.2, 0.25) is 0 Å². The van der Waals surface area contributed by atoms with E-state index in [-0.39, 0.29) is 0 Å². The van der Waals surface area contributed by atoms with E-state index in [0.29, 0.717) is 12.5 Å². The summed E-state index contributed by atoms with van der Waals surface area (Å²) in [6, 6.07) is 8.11. The summed E-state index contributed by atoms with van der Waals surface area (Å²) in [6.45, 7) is 8.24. The number of nitrogens with zero attached hydrogens (tertiary/aromatic N) is 2. The second kappa shape index (κ2) is 15.7. The summed E-state index contributed by atoms with van der Waals surface area (Å²) in [6.07, 6.45) is 17.1. The van der Waals surface area contributed by atoms with Crippen LogP contribution < -0.4 is 9.47 Å². The number of hydrogen-bond donors (Lipinski definition) is 0. The second-order valence-electron chi connectivity index (χ2n) is 8.59. The Balaban J connectivity index is 1.91. The first-order chi connectivity index (χ1) is 15.3. The minimum absolute atomic E-state index is 0.674. The number of rotatable bonds is 17. The molecule has 0 fully saturated rings. The molecule has 0 aliphatic carbocycles. The normalized spacial score (nSPS) is 12.0. The third-order valence-electron chi connectivity index (χ3n) is 5.75. The molecule has 172 valence electrons. The highest BCUT2D eigenvalue weighted by Gasteiger charge is 2.14. The first kappa shape index (κ1) is 25.2. The summed E-state index contributed by atoms with van der Waals surface area (Å²) in [7, 11) is 0. The molecule has 0 spiro atoms. The number of benzene rings is 1. The standard InChI is InChI=1S/C27H42N2O2/c1-4-6-8-9-10-14-19-30-25-17-13-12-16-24(25)27-26(21-28-22-29-27)31-20-18-23(3)15-11-7-5-2/h12-13,16-17,21-23H,4-11,14-15,18-20H2,1-3H3. The van der Waals surface area contributed by atoms with Gasteiger partial charge in [0.25, 0.3) is 0 Å². The number of para-hydroxylation sites is 1. The Morgan fingerprint density at radius 1 is 0.774 bits per heavy atom. The van der Waals surface area contributed by atoms with Gasteiger partial charge in [-0.2, -0.15) is 0 Å². The zero-order valence-corrected chi connectivity index (χ0v) is 19.9. The Hall–Kier alpha value is -2.10. The van der Waals surface area contributed by atoms with Crippen LogP contribution in [0.1, 0.15) is 91.4 Å². The van der Waals surface area contributed by atoms with Gasteiger partial charge in [0.1, 0.15) is 17.8 Å². The summed E-state index contributed by atoms with van der Waals surface area (Å²) in [5.41, 5.74) is 1.79. The molecule has 0 N–H and O–H groups in total. The van der Waals surface area contributed by atoms with Crippen LogP contribution in [0.25, 0.3) is 11.3 Å².